The van der Waals surface area contributed by atoms with Crippen LogP contribution in [0.5, 0.6) is 0 Å². The van der Waals surface area contributed by atoms with E-state index in [1.165, 1.54) is 70.6 Å². The minimum absolute atomic E-state index is 0.0566. The van der Waals surface area contributed by atoms with Crippen molar-refractivity contribution in [3.63, 3.8) is 0 Å². The molecule has 0 aliphatic heterocycles. The molecule has 0 N–H and O–H groups in total. The van der Waals surface area contributed by atoms with Gasteiger partial charge in [-0.2, -0.15) is 0 Å². The van der Waals surface area contributed by atoms with E-state index in [0.29, 0.717) is 13.0 Å². The highest BCUT2D eigenvalue weighted by molar-refractivity contribution is 5.69. The highest BCUT2D eigenvalue weighted by Gasteiger charge is 2.02. The first kappa shape index (κ1) is 23.9. The van der Waals surface area contributed by atoms with Crippen molar-refractivity contribution in [2.24, 2.45) is 0 Å². The number of hydrogen-bond acceptors (Lipinski definition) is 2. The lowest BCUT2D eigenvalue weighted by atomic mass is 10.1. The van der Waals surface area contributed by atoms with Gasteiger partial charge in [0.05, 0.1) is 6.61 Å². The normalized spacial score (nSPS) is 11.1. The Kier molecular flexibility index (Phi) is 18.5. The van der Waals surface area contributed by atoms with Gasteiger partial charge in [-0.25, -0.2) is 0 Å². The Morgan fingerprint density at radius 2 is 1.32 bits per heavy atom. The van der Waals surface area contributed by atoms with E-state index < -0.39 is 0 Å². The maximum atomic E-state index is 11.5. The van der Waals surface area contributed by atoms with E-state index in [1.54, 1.807) is 0 Å². The molecule has 0 amide bonds. The highest BCUT2D eigenvalue weighted by atomic mass is 16.5. The van der Waals surface area contributed by atoms with Crippen LogP contribution in [0.1, 0.15) is 110 Å². The molecular formula is C23H42O2. The van der Waals surface area contributed by atoms with Crippen LogP contribution < -0.4 is 0 Å². The molecule has 0 aromatic heterocycles. The maximum absolute atomic E-state index is 11.5. The zero-order valence-electron chi connectivity index (χ0n) is 17.0. The van der Waals surface area contributed by atoms with E-state index in [2.05, 4.69) is 25.7 Å². The molecule has 0 aliphatic rings. The molecule has 0 saturated carbocycles. The predicted molar refractivity (Wildman–Crippen MR) is 110 cm³/mol. The molecule has 0 heterocycles. The summed E-state index contributed by atoms with van der Waals surface area (Å²) in [4.78, 5) is 11.5. The lowest BCUT2D eigenvalue weighted by molar-refractivity contribution is -0.143. The quantitative estimate of drug-likeness (QED) is 0.145. The van der Waals surface area contributed by atoms with Crippen molar-refractivity contribution in [2.75, 3.05) is 6.61 Å². The minimum atomic E-state index is -0.0566. The Morgan fingerprint density at radius 1 is 0.800 bits per heavy atom. The smallest absolute Gasteiger partial charge is 0.305 e. The molecule has 0 rings (SSSR count). The molecule has 25 heavy (non-hydrogen) atoms. The van der Waals surface area contributed by atoms with Gasteiger partial charge in [-0.15, -0.1) is 6.58 Å². The number of rotatable bonds is 18. The highest BCUT2D eigenvalue weighted by Crippen LogP contribution is 2.10. The van der Waals surface area contributed by atoms with Gasteiger partial charge in [0.25, 0.3) is 0 Å². The molecule has 0 radical (unpaired) electrons. The second kappa shape index (κ2) is 19.3. The van der Waals surface area contributed by atoms with E-state index in [0.717, 1.165) is 24.8 Å². The summed E-state index contributed by atoms with van der Waals surface area (Å²) in [5.41, 5.74) is 1.06. The molecule has 2 heteroatoms. The van der Waals surface area contributed by atoms with E-state index in [-0.39, 0.29) is 5.97 Å². The zero-order chi connectivity index (χ0) is 18.6. The third-order valence-corrected chi connectivity index (χ3v) is 4.43. The van der Waals surface area contributed by atoms with Crippen LogP contribution in [0.2, 0.25) is 0 Å². The summed E-state index contributed by atoms with van der Waals surface area (Å²) in [5.74, 6) is -0.0566. The molecule has 2 nitrogen and oxygen atoms in total. The van der Waals surface area contributed by atoms with Crippen molar-refractivity contribution in [1.29, 1.82) is 0 Å². The average molecular weight is 351 g/mol. The van der Waals surface area contributed by atoms with Gasteiger partial charge in [0, 0.05) is 12.8 Å². The van der Waals surface area contributed by atoms with E-state index in [4.69, 9.17) is 4.74 Å². The zero-order valence-corrected chi connectivity index (χ0v) is 17.0. The largest absolute Gasteiger partial charge is 0.465 e. The van der Waals surface area contributed by atoms with Crippen LogP contribution in [0.25, 0.3) is 0 Å². The fraction of sp³-hybridized carbons (Fsp3) is 0.783. The number of esters is 1. The molecule has 0 spiro atoms. The fourth-order valence-corrected chi connectivity index (χ4v) is 2.75. The molecule has 0 unspecified atom stereocenters. The van der Waals surface area contributed by atoms with Crippen LogP contribution in [0, 0.1) is 0 Å². The van der Waals surface area contributed by atoms with Gasteiger partial charge < -0.3 is 4.74 Å². The third kappa shape index (κ3) is 20.9. The number of carbonyl (C=O) groups is 1. The van der Waals surface area contributed by atoms with Crippen LogP contribution in [-0.4, -0.2) is 12.6 Å². The molecular weight excluding hydrogens is 308 g/mol. The Balaban J connectivity index is 3.21. The fourth-order valence-electron chi connectivity index (χ4n) is 2.75. The van der Waals surface area contributed by atoms with Crippen LogP contribution >= 0.6 is 0 Å². The standard InChI is InChI=1S/C23H42O2/c1-4-5-6-7-8-9-10-11-12-13-14-15-16-17-18-19-23(24)25-21-20-22(2)3/h11-12H,2,4-10,13-21H2,1,3H3/b12-11-. The van der Waals surface area contributed by atoms with Crippen LogP contribution in [-0.2, 0) is 9.53 Å². The van der Waals surface area contributed by atoms with Gasteiger partial charge in [-0.3, -0.25) is 4.79 Å². The first-order valence-electron chi connectivity index (χ1n) is 10.6. The lowest BCUT2D eigenvalue weighted by Crippen LogP contribution is -2.05. The second-order valence-electron chi connectivity index (χ2n) is 7.26. The summed E-state index contributed by atoms with van der Waals surface area (Å²) in [6.07, 6.45) is 22.7. The van der Waals surface area contributed by atoms with Crippen LogP contribution in [0.15, 0.2) is 24.3 Å². The molecule has 0 aliphatic carbocycles. The van der Waals surface area contributed by atoms with Crippen molar-refractivity contribution in [2.45, 2.75) is 110 Å². The minimum Gasteiger partial charge on any atom is -0.465 e. The van der Waals surface area contributed by atoms with Crippen molar-refractivity contribution >= 4 is 5.97 Å². The maximum Gasteiger partial charge on any atom is 0.305 e. The van der Waals surface area contributed by atoms with Crippen molar-refractivity contribution in [1.82, 2.24) is 0 Å². The number of carbonyl (C=O) groups excluding carboxylic acids is 1. The molecule has 146 valence electrons. The first-order chi connectivity index (χ1) is 12.2. The number of hydrogen-bond donors (Lipinski definition) is 0. The van der Waals surface area contributed by atoms with E-state index in [1.807, 2.05) is 6.92 Å². The molecule has 0 aromatic carbocycles. The van der Waals surface area contributed by atoms with Gasteiger partial charge in [-0.1, -0.05) is 76.0 Å². The van der Waals surface area contributed by atoms with Crippen LogP contribution in [0.3, 0.4) is 0 Å². The van der Waals surface area contributed by atoms with Crippen molar-refractivity contribution in [3.05, 3.63) is 24.3 Å². The third-order valence-electron chi connectivity index (χ3n) is 4.43. The summed E-state index contributed by atoms with van der Waals surface area (Å²) < 4.78 is 5.16. The van der Waals surface area contributed by atoms with E-state index in [9.17, 15) is 4.79 Å². The molecule has 0 aromatic rings. The first-order valence-corrected chi connectivity index (χ1v) is 10.6. The lowest BCUT2D eigenvalue weighted by Gasteiger charge is -2.04. The predicted octanol–water partition coefficient (Wildman–Crippen LogP) is 7.53. The van der Waals surface area contributed by atoms with Gasteiger partial charge in [0.2, 0.25) is 0 Å². The summed E-state index contributed by atoms with van der Waals surface area (Å²) in [6.45, 7) is 8.51. The topological polar surface area (TPSA) is 26.3 Å². The van der Waals surface area contributed by atoms with E-state index >= 15 is 0 Å². The molecule has 0 atom stereocenters. The Hall–Kier alpha value is -1.05. The Labute approximate surface area is 157 Å². The molecule has 0 bridgehead atoms. The van der Waals surface area contributed by atoms with Gasteiger partial charge >= 0.3 is 5.97 Å². The monoisotopic (exact) mass is 350 g/mol. The van der Waals surface area contributed by atoms with Gasteiger partial charge in [0.1, 0.15) is 0 Å². The molecule has 0 fully saturated rings. The van der Waals surface area contributed by atoms with Crippen molar-refractivity contribution in [3.8, 4) is 0 Å². The SMILES string of the molecule is C=C(C)CCOC(=O)CCCCCCC/C=C\CCCCCCCC. The molecule has 0 saturated heterocycles. The Bertz CT molecular complexity index is 344. The van der Waals surface area contributed by atoms with Gasteiger partial charge in [-0.05, 0) is 39.0 Å². The average Bonchev–Trinajstić information content (AvgIpc) is 2.58. The summed E-state index contributed by atoms with van der Waals surface area (Å²) in [5, 5.41) is 0. The summed E-state index contributed by atoms with van der Waals surface area (Å²) in [6, 6.07) is 0. The van der Waals surface area contributed by atoms with Gasteiger partial charge in [0.15, 0.2) is 0 Å². The van der Waals surface area contributed by atoms with Crippen molar-refractivity contribution < 1.29 is 9.53 Å². The summed E-state index contributed by atoms with van der Waals surface area (Å²) >= 11 is 0. The number of ether oxygens (including phenoxy) is 1. The number of allylic oxidation sites excluding steroid dienone is 2. The van der Waals surface area contributed by atoms with Crippen LogP contribution in [0.4, 0.5) is 0 Å². The summed E-state index contributed by atoms with van der Waals surface area (Å²) in [7, 11) is 0. The number of unbranched alkanes of at least 4 members (excludes halogenated alkanes) is 11. The Morgan fingerprint density at radius 3 is 1.88 bits per heavy atom. The second-order valence-corrected chi connectivity index (χ2v) is 7.26.